The van der Waals surface area contributed by atoms with E-state index in [2.05, 4.69) is 0 Å². The maximum absolute atomic E-state index is 10.9. The summed E-state index contributed by atoms with van der Waals surface area (Å²) in [6, 6.07) is 0. The maximum Gasteiger partial charge on any atom is 0.170 e. The van der Waals surface area contributed by atoms with Crippen molar-refractivity contribution in [1.29, 1.82) is 0 Å². The van der Waals surface area contributed by atoms with Crippen LogP contribution in [0, 0.1) is 0 Å². The van der Waals surface area contributed by atoms with Crippen molar-refractivity contribution >= 4 is 11.6 Å². The second-order valence-electron chi connectivity index (χ2n) is 2.19. The van der Waals surface area contributed by atoms with E-state index in [1.165, 1.54) is 6.92 Å². The summed E-state index contributed by atoms with van der Waals surface area (Å²) in [5, 5.41) is 0. The molecule has 2 nitrogen and oxygen atoms in total. The molecule has 1 aliphatic carbocycles. The first-order valence-corrected chi connectivity index (χ1v) is 3.13. The maximum atomic E-state index is 10.9. The van der Waals surface area contributed by atoms with Crippen molar-refractivity contribution in [2.75, 3.05) is 0 Å². The topological polar surface area (TPSA) is 34.1 Å². The quantitative estimate of drug-likeness (QED) is 0.504. The van der Waals surface area contributed by atoms with Gasteiger partial charge in [-0.1, -0.05) is 12.2 Å². The molecule has 0 unspecified atom stereocenters. The van der Waals surface area contributed by atoms with E-state index in [0.717, 1.165) is 0 Å². The van der Waals surface area contributed by atoms with E-state index >= 15 is 0 Å². The van der Waals surface area contributed by atoms with Gasteiger partial charge in [0.1, 0.15) is 0 Å². The highest BCUT2D eigenvalue weighted by atomic mass is 16.1. The summed E-state index contributed by atoms with van der Waals surface area (Å²) in [6.45, 7) is 1.41. The largest absolute Gasteiger partial charge is 0.294 e. The standard InChI is InChI=1S/C8H8O2/c1-6(9)7-4-2-3-5-8(7)10/h2-4H,5H2,1H3. The molecule has 0 atom stereocenters. The Balaban J connectivity index is 2.91. The Bertz CT molecular complexity index is 234. The summed E-state index contributed by atoms with van der Waals surface area (Å²) < 4.78 is 0. The van der Waals surface area contributed by atoms with E-state index in [0.29, 0.717) is 12.0 Å². The Morgan fingerprint density at radius 3 is 2.70 bits per heavy atom. The Labute approximate surface area is 59.2 Å². The SMILES string of the molecule is CC(=O)C1=CC=CCC1=O. The zero-order valence-corrected chi connectivity index (χ0v) is 5.76. The van der Waals surface area contributed by atoms with Gasteiger partial charge in [-0.15, -0.1) is 0 Å². The summed E-state index contributed by atoms with van der Waals surface area (Å²) in [7, 11) is 0. The van der Waals surface area contributed by atoms with Crippen LogP contribution in [-0.2, 0) is 9.59 Å². The van der Waals surface area contributed by atoms with Crippen LogP contribution in [-0.4, -0.2) is 11.6 Å². The van der Waals surface area contributed by atoms with E-state index < -0.39 is 0 Å². The predicted octanol–water partition coefficient (Wildman–Crippen LogP) is 1.03. The van der Waals surface area contributed by atoms with Crippen molar-refractivity contribution < 1.29 is 9.59 Å². The summed E-state index contributed by atoms with van der Waals surface area (Å²) in [5.41, 5.74) is 0.322. The van der Waals surface area contributed by atoms with Crippen LogP contribution < -0.4 is 0 Å². The highest BCUT2D eigenvalue weighted by Gasteiger charge is 2.13. The lowest BCUT2D eigenvalue weighted by atomic mass is 10.0. The van der Waals surface area contributed by atoms with Crippen molar-refractivity contribution in [1.82, 2.24) is 0 Å². The molecule has 0 aromatic carbocycles. The highest BCUT2D eigenvalue weighted by Crippen LogP contribution is 2.07. The fraction of sp³-hybridized carbons (Fsp3) is 0.250. The molecule has 0 amide bonds. The minimum absolute atomic E-state index is 0.0741. The molecule has 0 saturated heterocycles. The van der Waals surface area contributed by atoms with Crippen molar-refractivity contribution in [2.24, 2.45) is 0 Å². The molecule has 52 valence electrons. The van der Waals surface area contributed by atoms with Gasteiger partial charge >= 0.3 is 0 Å². The van der Waals surface area contributed by atoms with Crippen molar-refractivity contribution in [3.8, 4) is 0 Å². The minimum atomic E-state index is -0.144. The van der Waals surface area contributed by atoms with Crippen LogP contribution in [0.1, 0.15) is 13.3 Å². The molecule has 0 spiro atoms. The van der Waals surface area contributed by atoms with Gasteiger partial charge in [0.05, 0.1) is 5.57 Å². The molecule has 0 aromatic heterocycles. The van der Waals surface area contributed by atoms with Gasteiger partial charge in [-0.05, 0) is 13.0 Å². The number of Topliss-reactive ketones (excluding diaryl/α,β-unsaturated/α-hetero) is 2. The van der Waals surface area contributed by atoms with Gasteiger partial charge in [-0.3, -0.25) is 9.59 Å². The second kappa shape index (κ2) is 2.60. The van der Waals surface area contributed by atoms with Crippen LogP contribution in [0.15, 0.2) is 23.8 Å². The van der Waals surface area contributed by atoms with Gasteiger partial charge in [-0.25, -0.2) is 0 Å². The van der Waals surface area contributed by atoms with E-state index in [4.69, 9.17) is 0 Å². The van der Waals surface area contributed by atoms with Crippen molar-refractivity contribution in [2.45, 2.75) is 13.3 Å². The van der Waals surface area contributed by atoms with Crippen LogP contribution in [0.5, 0.6) is 0 Å². The average molecular weight is 136 g/mol. The van der Waals surface area contributed by atoms with Crippen LogP contribution in [0.3, 0.4) is 0 Å². The molecule has 0 aliphatic heterocycles. The number of rotatable bonds is 1. The number of ketones is 2. The van der Waals surface area contributed by atoms with Crippen LogP contribution in [0.25, 0.3) is 0 Å². The monoisotopic (exact) mass is 136 g/mol. The molecule has 1 rings (SSSR count). The zero-order valence-electron chi connectivity index (χ0n) is 5.76. The Morgan fingerprint density at radius 1 is 1.60 bits per heavy atom. The third-order valence-electron chi connectivity index (χ3n) is 1.38. The molecule has 0 radical (unpaired) electrons. The number of hydrogen-bond acceptors (Lipinski definition) is 2. The molecule has 0 saturated carbocycles. The molecule has 0 bridgehead atoms. The molecule has 1 aliphatic rings. The summed E-state index contributed by atoms with van der Waals surface area (Å²) in [6.07, 6.45) is 5.41. The highest BCUT2D eigenvalue weighted by molar-refractivity contribution is 6.20. The van der Waals surface area contributed by atoms with E-state index in [9.17, 15) is 9.59 Å². The Kier molecular flexibility index (Phi) is 1.81. The fourth-order valence-corrected chi connectivity index (χ4v) is 0.856. The molecule has 0 N–H and O–H groups in total. The van der Waals surface area contributed by atoms with Crippen LogP contribution in [0.2, 0.25) is 0 Å². The van der Waals surface area contributed by atoms with Gasteiger partial charge in [0.2, 0.25) is 0 Å². The van der Waals surface area contributed by atoms with Gasteiger partial charge in [0, 0.05) is 6.42 Å². The first-order chi connectivity index (χ1) is 4.72. The summed E-state index contributed by atoms with van der Waals surface area (Å²) in [4.78, 5) is 21.6. The van der Waals surface area contributed by atoms with Crippen molar-refractivity contribution in [3.05, 3.63) is 23.8 Å². The van der Waals surface area contributed by atoms with Gasteiger partial charge in [0.15, 0.2) is 11.6 Å². The lowest BCUT2D eigenvalue weighted by molar-refractivity contribution is -0.120. The third-order valence-corrected chi connectivity index (χ3v) is 1.38. The Morgan fingerprint density at radius 2 is 2.30 bits per heavy atom. The van der Waals surface area contributed by atoms with E-state index in [1.807, 2.05) is 0 Å². The van der Waals surface area contributed by atoms with E-state index in [-0.39, 0.29) is 11.6 Å². The molecule has 0 aromatic rings. The predicted molar refractivity (Wildman–Crippen MR) is 37.5 cm³/mol. The van der Waals surface area contributed by atoms with Crippen LogP contribution >= 0.6 is 0 Å². The van der Waals surface area contributed by atoms with E-state index in [1.54, 1.807) is 18.2 Å². The second-order valence-corrected chi connectivity index (χ2v) is 2.19. The Hall–Kier alpha value is -1.18. The van der Waals surface area contributed by atoms with Crippen molar-refractivity contribution in [3.63, 3.8) is 0 Å². The lowest BCUT2D eigenvalue weighted by Gasteiger charge is -2.01. The number of hydrogen-bond donors (Lipinski definition) is 0. The third kappa shape index (κ3) is 1.21. The first kappa shape index (κ1) is 6.93. The van der Waals surface area contributed by atoms with Gasteiger partial charge in [-0.2, -0.15) is 0 Å². The number of allylic oxidation sites excluding steroid dienone is 4. The molecule has 0 fully saturated rings. The zero-order chi connectivity index (χ0) is 7.56. The number of carbonyl (C=O) groups is 2. The molecule has 0 heterocycles. The summed E-state index contributed by atoms with van der Waals surface area (Å²) >= 11 is 0. The smallest absolute Gasteiger partial charge is 0.170 e. The minimum Gasteiger partial charge on any atom is -0.294 e. The summed E-state index contributed by atoms with van der Waals surface area (Å²) in [5.74, 6) is -0.218. The normalized spacial score (nSPS) is 16.9. The molecular formula is C8H8O2. The molecule has 2 heteroatoms. The first-order valence-electron chi connectivity index (χ1n) is 3.13. The average Bonchev–Trinajstić information content (AvgIpc) is 1.88. The van der Waals surface area contributed by atoms with Gasteiger partial charge < -0.3 is 0 Å². The fourth-order valence-electron chi connectivity index (χ4n) is 0.856. The van der Waals surface area contributed by atoms with Crippen LogP contribution in [0.4, 0.5) is 0 Å². The lowest BCUT2D eigenvalue weighted by Crippen LogP contribution is -2.10. The molecule has 10 heavy (non-hydrogen) atoms. The number of carbonyl (C=O) groups excluding carboxylic acids is 2. The molecular weight excluding hydrogens is 128 g/mol. The van der Waals surface area contributed by atoms with Gasteiger partial charge in [0.25, 0.3) is 0 Å².